The van der Waals surface area contributed by atoms with Crippen LogP contribution in [-0.2, 0) is 19.6 Å². The Morgan fingerprint density at radius 1 is 0.931 bits per heavy atom. The van der Waals surface area contributed by atoms with Crippen LogP contribution in [0, 0.1) is 6.92 Å². The van der Waals surface area contributed by atoms with Crippen LogP contribution in [0.25, 0.3) is 10.8 Å². The zero-order chi connectivity index (χ0) is 20.7. The highest BCUT2D eigenvalue weighted by atomic mass is 32.2. The molecule has 0 heterocycles. The third-order valence-electron chi connectivity index (χ3n) is 4.35. The van der Waals surface area contributed by atoms with Crippen molar-refractivity contribution in [3.63, 3.8) is 0 Å². The lowest BCUT2D eigenvalue weighted by Gasteiger charge is -2.10. The van der Waals surface area contributed by atoms with E-state index >= 15 is 0 Å². The highest BCUT2D eigenvalue weighted by Crippen LogP contribution is 2.19. The average molecular weight is 413 g/mol. The summed E-state index contributed by atoms with van der Waals surface area (Å²) in [4.78, 5) is 12.0. The lowest BCUT2D eigenvalue weighted by atomic mass is 10.1. The molecule has 0 amide bonds. The molecule has 6 nitrogen and oxygen atoms in total. The Morgan fingerprint density at radius 2 is 1.66 bits per heavy atom. The van der Waals surface area contributed by atoms with Crippen molar-refractivity contribution in [3.8, 4) is 5.75 Å². The highest BCUT2D eigenvalue weighted by Gasteiger charge is 2.15. The lowest BCUT2D eigenvalue weighted by molar-refractivity contribution is -0.144. The predicted molar refractivity (Wildman–Crippen MR) is 111 cm³/mol. The van der Waals surface area contributed by atoms with Crippen LogP contribution >= 0.6 is 0 Å². The molecule has 0 unspecified atom stereocenters. The fourth-order valence-corrected chi connectivity index (χ4v) is 3.87. The Morgan fingerprint density at radius 3 is 2.45 bits per heavy atom. The summed E-state index contributed by atoms with van der Waals surface area (Å²) < 4.78 is 37.9. The molecule has 0 aliphatic heterocycles. The molecule has 0 aliphatic rings. The van der Waals surface area contributed by atoms with E-state index < -0.39 is 16.0 Å². The van der Waals surface area contributed by atoms with E-state index in [0.29, 0.717) is 0 Å². The Kier molecular flexibility index (Phi) is 6.85. The van der Waals surface area contributed by atoms with Gasteiger partial charge in [0.25, 0.3) is 0 Å². The largest absolute Gasteiger partial charge is 0.490 e. The van der Waals surface area contributed by atoms with Crippen molar-refractivity contribution in [2.24, 2.45) is 0 Å². The maximum absolute atomic E-state index is 12.4. The third kappa shape index (κ3) is 5.79. The molecule has 0 spiro atoms. The molecular weight excluding hydrogens is 390 g/mol. The number of benzene rings is 3. The van der Waals surface area contributed by atoms with Crippen molar-refractivity contribution in [1.29, 1.82) is 0 Å². The fourth-order valence-electron chi connectivity index (χ4n) is 2.80. The van der Waals surface area contributed by atoms with Gasteiger partial charge in [0.2, 0.25) is 10.0 Å². The minimum Gasteiger partial charge on any atom is -0.490 e. The smallest absolute Gasteiger partial charge is 0.307 e. The van der Waals surface area contributed by atoms with Crippen molar-refractivity contribution < 1.29 is 22.7 Å². The molecule has 7 heteroatoms. The fraction of sp³-hybridized carbons (Fsp3) is 0.227. The van der Waals surface area contributed by atoms with Gasteiger partial charge in [-0.15, -0.1) is 0 Å². The van der Waals surface area contributed by atoms with Crippen LogP contribution in [0.15, 0.2) is 71.6 Å². The number of fused-ring (bicyclic) bond motifs is 1. The summed E-state index contributed by atoms with van der Waals surface area (Å²) in [6.45, 7) is 2.24. The van der Waals surface area contributed by atoms with E-state index in [2.05, 4.69) is 4.72 Å². The minimum atomic E-state index is -3.70. The van der Waals surface area contributed by atoms with E-state index in [0.717, 1.165) is 22.1 Å². The molecular formula is C22H23NO5S. The van der Waals surface area contributed by atoms with Crippen LogP contribution in [0.2, 0.25) is 0 Å². The molecule has 3 aromatic rings. The second kappa shape index (κ2) is 9.54. The van der Waals surface area contributed by atoms with Gasteiger partial charge in [0.1, 0.15) is 19.0 Å². The van der Waals surface area contributed by atoms with Crippen LogP contribution in [0.1, 0.15) is 12.0 Å². The van der Waals surface area contributed by atoms with Gasteiger partial charge in [-0.05, 0) is 41.5 Å². The summed E-state index contributed by atoms with van der Waals surface area (Å²) >= 11 is 0. The zero-order valence-corrected chi connectivity index (χ0v) is 16.9. The van der Waals surface area contributed by atoms with Crippen LogP contribution < -0.4 is 9.46 Å². The molecule has 1 N–H and O–H groups in total. The number of nitrogens with one attached hydrogen (secondary N) is 1. The molecule has 0 saturated heterocycles. The van der Waals surface area contributed by atoms with Gasteiger partial charge in [-0.3, -0.25) is 4.79 Å². The van der Waals surface area contributed by atoms with Crippen molar-refractivity contribution in [1.82, 2.24) is 4.72 Å². The molecule has 0 bridgehead atoms. The molecule has 0 aliphatic carbocycles. The third-order valence-corrected chi connectivity index (χ3v) is 5.81. The molecule has 29 heavy (non-hydrogen) atoms. The molecule has 0 saturated carbocycles. The minimum absolute atomic E-state index is 0.0351. The molecule has 0 aromatic heterocycles. The van der Waals surface area contributed by atoms with Gasteiger partial charge < -0.3 is 9.47 Å². The first-order valence-corrected chi connectivity index (χ1v) is 10.8. The number of hydrogen-bond acceptors (Lipinski definition) is 5. The van der Waals surface area contributed by atoms with Crippen molar-refractivity contribution in [2.75, 3.05) is 19.8 Å². The van der Waals surface area contributed by atoms with Gasteiger partial charge in [0, 0.05) is 6.54 Å². The Labute approximate surface area is 170 Å². The van der Waals surface area contributed by atoms with Crippen LogP contribution in [0.5, 0.6) is 5.75 Å². The molecule has 3 aromatic carbocycles. The van der Waals surface area contributed by atoms with Gasteiger partial charge in [0.05, 0.1) is 11.3 Å². The first-order chi connectivity index (χ1) is 14.0. The number of ether oxygens (including phenoxy) is 2. The lowest BCUT2D eigenvalue weighted by Crippen LogP contribution is -2.27. The van der Waals surface area contributed by atoms with Gasteiger partial charge in [-0.25, -0.2) is 13.1 Å². The summed E-state index contributed by atoms with van der Waals surface area (Å²) in [5, 5.41) is 1.80. The standard InChI is InChI=1S/C22H23NO5S/c1-17-6-2-5-9-21(17)27-14-15-28-22(24)12-13-23-29(25,26)20-11-10-18-7-3-4-8-19(18)16-20/h2-11,16,23H,12-15H2,1H3. The quantitative estimate of drug-likeness (QED) is 0.429. The number of hydrogen-bond donors (Lipinski definition) is 1. The maximum Gasteiger partial charge on any atom is 0.307 e. The van der Waals surface area contributed by atoms with Gasteiger partial charge in [-0.2, -0.15) is 0 Å². The predicted octanol–water partition coefficient (Wildman–Crippen LogP) is 3.44. The second-order valence-corrected chi connectivity index (χ2v) is 8.26. The highest BCUT2D eigenvalue weighted by molar-refractivity contribution is 7.89. The van der Waals surface area contributed by atoms with E-state index in [1.54, 1.807) is 18.2 Å². The van der Waals surface area contributed by atoms with Crippen molar-refractivity contribution in [2.45, 2.75) is 18.2 Å². The monoisotopic (exact) mass is 413 g/mol. The van der Waals surface area contributed by atoms with Crippen LogP contribution in [0.4, 0.5) is 0 Å². The zero-order valence-electron chi connectivity index (χ0n) is 16.1. The topological polar surface area (TPSA) is 81.7 Å². The number of sulfonamides is 1. The first-order valence-electron chi connectivity index (χ1n) is 9.28. The number of rotatable bonds is 9. The molecule has 152 valence electrons. The molecule has 0 fully saturated rings. The number of carbonyl (C=O) groups is 1. The van der Waals surface area contributed by atoms with E-state index in [4.69, 9.17) is 9.47 Å². The molecule has 3 rings (SSSR count). The normalized spacial score (nSPS) is 11.3. The second-order valence-electron chi connectivity index (χ2n) is 6.49. The maximum atomic E-state index is 12.4. The Balaban J connectivity index is 1.42. The van der Waals surface area contributed by atoms with Crippen molar-refractivity contribution in [3.05, 3.63) is 72.3 Å². The van der Waals surface area contributed by atoms with Crippen molar-refractivity contribution >= 4 is 26.8 Å². The number of aryl methyl sites for hydroxylation is 1. The van der Waals surface area contributed by atoms with E-state index in [1.165, 1.54) is 0 Å². The van der Waals surface area contributed by atoms with Gasteiger partial charge in [0.15, 0.2) is 0 Å². The SMILES string of the molecule is Cc1ccccc1OCCOC(=O)CCNS(=O)(=O)c1ccc2ccccc2c1. The summed E-state index contributed by atoms with van der Waals surface area (Å²) in [5.41, 5.74) is 1.00. The summed E-state index contributed by atoms with van der Waals surface area (Å²) in [6.07, 6.45) is -0.0584. The summed E-state index contributed by atoms with van der Waals surface area (Å²) in [6, 6.07) is 20.0. The Hall–Kier alpha value is -2.90. The number of esters is 1. The molecule has 0 atom stereocenters. The first kappa shape index (κ1) is 20.8. The summed E-state index contributed by atoms with van der Waals surface area (Å²) in [5.74, 6) is 0.256. The van der Waals surface area contributed by atoms with E-state index in [1.807, 2.05) is 55.5 Å². The van der Waals surface area contributed by atoms with Crippen LogP contribution in [0.3, 0.4) is 0 Å². The summed E-state index contributed by atoms with van der Waals surface area (Å²) in [7, 11) is -3.70. The van der Waals surface area contributed by atoms with E-state index in [-0.39, 0.29) is 31.1 Å². The van der Waals surface area contributed by atoms with Gasteiger partial charge in [-0.1, -0.05) is 48.5 Å². The Bertz CT molecular complexity index is 1100. The number of para-hydroxylation sites is 1. The number of carbonyl (C=O) groups excluding carboxylic acids is 1. The van der Waals surface area contributed by atoms with E-state index in [9.17, 15) is 13.2 Å². The molecule has 0 radical (unpaired) electrons. The van der Waals surface area contributed by atoms with Gasteiger partial charge >= 0.3 is 5.97 Å². The average Bonchev–Trinajstić information content (AvgIpc) is 2.72. The van der Waals surface area contributed by atoms with Crippen LogP contribution in [-0.4, -0.2) is 34.1 Å².